The van der Waals surface area contributed by atoms with E-state index in [4.69, 9.17) is 0 Å². The maximum atomic E-state index is 12.0. The zero-order chi connectivity index (χ0) is 15.8. The van der Waals surface area contributed by atoms with Crippen molar-refractivity contribution in [2.45, 2.75) is 31.2 Å². The monoisotopic (exact) mass is 342 g/mol. The first kappa shape index (κ1) is 15.9. The van der Waals surface area contributed by atoms with E-state index in [0.717, 1.165) is 35.7 Å². The molecular formula is C20H23ClN2O. The Morgan fingerprint density at radius 1 is 1.33 bits per heavy atom. The molecule has 4 unspecified atom stereocenters. The number of quaternary nitrogens is 1. The molecule has 1 aromatic carbocycles. The lowest BCUT2D eigenvalue weighted by Crippen LogP contribution is -3.00. The van der Waals surface area contributed by atoms with Crippen LogP contribution in [0.1, 0.15) is 25.3 Å². The van der Waals surface area contributed by atoms with Gasteiger partial charge in [0.25, 0.3) is 0 Å². The number of anilines is 1. The number of benzene rings is 1. The average Bonchev–Trinajstić information content (AvgIpc) is 3.08. The number of allylic oxidation sites excluding steroid dienone is 2. The summed E-state index contributed by atoms with van der Waals surface area (Å²) >= 11 is 0. The van der Waals surface area contributed by atoms with Gasteiger partial charge in [-0.15, -0.1) is 0 Å². The molecule has 0 saturated carbocycles. The fraction of sp³-hybridized carbons (Fsp3) is 0.450. The third-order valence-electron chi connectivity index (χ3n) is 7.06. The summed E-state index contributed by atoms with van der Waals surface area (Å²) < 4.78 is 1.13. The molecule has 2 fully saturated rings. The Balaban J connectivity index is 0.00000146. The number of hydrogen-bond acceptors (Lipinski definition) is 2. The van der Waals surface area contributed by atoms with E-state index in [1.165, 1.54) is 29.1 Å². The molecule has 1 aromatic rings. The van der Waals surface area contributed by atoms with E-state index in [1.807, 2.05) is 0 Å². The highest BCUT2D eigenvalue weighted by Gasteiger charge is 2.67. The zero-order valence-corrected chi connectivity index (χ0v) is 14.9. The van der Waals surface area contributed by atoms with Gasteiger partial charge in [0.15, 0.2) is 0 Å². The first-order valence-corrected chi connectivity index (χ1v) is 8.70. The second-order valence-corrected chi connectivity index (χ2v) is 7.87. The first-order chi connectivity index (χ1) is 11.1. The van der Waals surface area contributed by atoms with E-state index >= 15 is 0 Å². The van der Waals surface area contributed by atoms with Crippen LogP contribution in [0.25, 0.3) is 0 Å². The maximum Gasteiger partial charge on any atom is 0.148 e. The van der Waals surface area contributed by atoms with Crippen LogP contribution in [0.3, 0.4) is 0 Å². The second-order valence-electron chi connectivity index (χ2n) is 7.87. The lowest BCUT2D eigenvalue weighted by atomic mass is 9.61. The normalized spacial score (nSPS) is 39.8. The van der Waals surface area contributed by atoms with E-state index in [-0.39, 0.29) is 17.8 Å². The molecule has 4 aliphatic rings. The molecule has 0 aromatic heterocycles. The van der Waals surface area contributed by atoms with Gasteiger partial charge < -0.3 is 22.2 Å². The van der Waals surface area contributed by atoms with Gasteiger partial charge in [0.2, 0.25) is 0 Å². The van der Waals surface area contributed by atoms with Crippen molar-refractivity contribution in [2.75, 3.05) is 25.5 Å². The van der Waals surface area contributed by atoms with Gasteiger partial charge in [-0.25, -0.2) is 0 Å². The van der Waals surface area contributed by atoms with Crippen molar-refractivity contribution >= 4 is 12.0 Å². The number of likely N-dealkylation sites (N-methyl/N-ethyl adjacent to an activating group) is 1. The van der Waals surface area contributed by atoms with Crippen molar-refractivity contribution in [1.82, 2.24) is 0 Å². The number of carbonyl (C=O) groups excluding carboxylic acids is 1. The molecule has 0 amide bonds. The Labute approximate surface area is 149 Å². The SMILES string of the molecule is CC=C1C[N+]2(C)CCC34C(=C(C=O)C1CC32)Nc1ccccc14.[Cl-]. The minimum atomic E-state index is 0. The summed E-state index contributed by atoms with van der Waals surface area (Å²) in [5.41, 5.74) is 6.35. The van der Waals surface area contributed by atoms with Crippen LogP contribution < -0.4 is 17.7 Å². The number of aldehydes is 1. The van der Waals surface area contributed by atoms with Gasteiger partial charge in [-0.1, -0.05) is 24.3 Å². The van der Waals surface area contributed by atoms with Gasteiger partial charge in [-0.05, 0) is 24.1 Å². The van der Waals surface area contributed by atoms with Crippen molar-refractivity contribution in [3.8, 4) is 0 Å². The topological polar surface area (TPSA) is 29.1 Å². The van der Waals surface area contributed by atoms with Crippen LogP contribution in [0.5, 0.6) is 0 Å². The summed E-state index contributed by atoms with van der Waals surface area (Å²) in [5.74, 6) is 0.316. The van der Waals surface area contributed by atoms with Crippen molar-refractivity contribution in [3.05, 3.63) is 52.7 Å². The largest absolute Gasteiger partial charge is 1.00 e. The molecule has 5 rings (SSSR count). The number of hydrogen-bond donors (Lipinski definition) is 1. The zero-order valence-electron chi connectivity index (χ0n) is 14.2. The molecule has 4 atom stereocenters. The number of piperidine rings is 1. The fourth-order valence-electron chi connectivity index (χ4n) is 6.07. The summed E-state index contributed by atoms with van der Waals surface area (Å²) in [6, 6.07) is 9.27. The van der Waals surface area contributed by atoms with Gasteiger partial charge in [0.05, 0.1) is 19.0 Å². The summed E-state index contributed by atoms with van der Waals surface area (Å²) in [6.07, 6.45) is 5.65. The number of nitrogens with one attached hydrogen (secondary N) is 1. The number of rotatable bonds is 1. The highest BCUT2D eigenvalue weighted by molar-refractivity contribution is 5.84. The Morgan fingerprint density at radius 2 is 2.12 bits per heavy atom. The lowest BCUT2D eigenvalue weighted by Gasteiger charge is -2.51. The number of nitrogens with zero attached hydrogens (tertiary/aromatic N) is 1. The van der Waals surface area contributed by atoms with Gasteiger partial charge in [-0.2, -0.15) is 0 Å². The minimum Gasteiger partial charge on any atom is -1.00 e. The third-order valence-corrected chi connectivity index (χ3v) is 7.06. The highest BCUT2D eigenvalue weighted by atomic mass is 35.5. The molecule has 0 radical (unpaired) electrons. The van der Waals surface area contributed by atoms with Crippen LogP contribution in [0.2, 0.25) is 0 Å². The molecule has 1 N–H and O–H groups in total. The van der Waals surface area contributed by atoms with Gasteiger partial charge in [-0.3, -0.25) is 4.79 Å². The number of para-hydroxylation sites is 1. The predicted octanol–water partition coefficient (Wildman–Crippen LogP) is 0.00560. The van der Waals surface area contributed by atoms with Crippen LogP contribution in [0, 0.1) is 5.92 Å². The molecule has 24 heavy (non-hydrogen) atoms. The quantitative estimate of drug-likeness (QED) is 0.442. The first-order valence-electron chi connectivity index (χ1n) is 8.70. The van der Waals surface area contributed by atoms with Crippen LogP contribution in [-0.4, -0.2) is 36.9 Å². The minimum absolute atomic E-state index is 0. The van der Waals surface area contributed by atoms with Crippen LogP contribution in [0.15, 0.2) is 47.2 Å². The Bertz CT molecular complexity index is 799. The van der Waals surface area contributed by atoms with Crippen molar-refractivity contribution < 1.29 is 21.7 Å². The second kappa shape index (κ2) is 4.96. The van der Waals surface area contributed by atoms with Crippen LogP contribution >= 0.6 is 0 Å². The molecule has 4 heteroatoms. The Kier molecular flexibility index (Phi) is 3.29. The van der Waals surface area contributed by atoms with Crippen LogP contribution in [0.4, 0.5) is 5.69 Å². The Morgan fingerprint density at radius 3 is 2.88 bits per heavy atom. The molecule has 126 valence electrons. The standard InChI is InChI=1S/C20H22N2O.ClH/c1-3-13-11-22(2)9-8-20-16-6-4-5-7-17(16)21-19(20)15(12-23)14(13)10-18(20)22;/h3-7,12,14,18H,8-11H2,1-2H3;1H. The van der Waals surface area contributed by atoms with Crippen molar-refractivity contribution in [3.63, 3.8) is 0 Å². The smallest absolute Gasteiger partial charge is 0.148 e. The fourth-order valence-corrected chi connectivity index (χ4v) is 6.07. The van der Waals surface area contributed by atoms with E-state index in [9.17, 15) is 4.79 Å². The summed E-state index contributed by atoms with van der Waals surface area (Å²) in [4.78, 5) is 12.0. The lowest BCUT2D eigenvalue weighted by molar-refractivity contribution is -0.923. The van der Waals surface area contributed by atoms with E-state index in [2.05, 4.69) is 49.6 Å². The molecular weight excluding hydrogens is 320 g/mol. The molecule has 3 heterocycles. The molecule has 3 nitrogen and oxygen atoms in total. The molecule has 1 spiro atoms. The van der Waals surface area contributed by atoms with Crippen molar-refractivity contribution in [1.29, 1.82) is 0 Å². The number of halogens is 1. The number of carbonyl (C=O) groups is 1. The van der Waals surface area contributed by atoms with E-state index < -0.39 is 0 Å². The van der Waals surface area contributed by atoms with Gasteiger partial charge in [0.1, 0.15) is 18.9 Å². The van der Waals surface area contributed by atoms with Crippen LogP contribution in [-0.2, 0) is 10.2 Å². The molecule has 2 bridgehead atoms. The molecule has 1 aliphatic carbocycles. The summed E-state index contributed by atoms with van der Waals surface area (Å²) in [7, 11) is 2.42. The molecule has 3 aliphatic heterocycles. The van der Waals surface area contributed by atoms with Gasteiger partial charge in [0, 0.05) is 35.7 Å². The summed E-state index contributed by atoms with van der Waals surface area (Å²) in [6.45, 7) is 4.42. The highest BCUT2D eigenvalue weighted by Crippen LogP contribution is 2.62. The summed E-state index contributed by atoms with van der Waals surface area (Å²) in [5, 5.41) is 3.66. The van der Waals surface area contributed by atoms with Crippen molar-refractivity contribution in [2.24, 2.45) is 5.92 Å². The van der Waals surface area contributed by atoms with E-state index in [0.29, 0.717) is 12.0 Å². The Hall–Kier alpha value is -1.58. The number of fused-ring (bicyclic) bond motifs is 2. The predicted molar refractivity (Wildman–Crippen MR) is 91.0 cm³/mol. The van der Waals surface area contributed by atoms with Gasteiger partial charge >= 0.3 is 0 Å². The maximum absolute atomic E-state index is 12.0. The van der Waals surface area contributed by atoms with E-state index in [1.54, 1.807) is 0 Å². The average molecular weight is 343 g/mol. The molecule has 2 saturated heterocycles. The third kappa shape index (κ3) is 1.60.